The highest BCUT2D eigenvalue weighted by atomic mass is 16.3. The maximum absolute atomic E-state index is 9.58. The van der Waals surface area contributed by atoms with Gasteiger partial charge in [-0.1, -0.05) is 6.08 Å². The Balaban J connectivity index is 1.94. The smallest absolute Gasteiger partial charge is 0.0602 e. The summed E-state index contributed by atoms with van der Waals surface area (Å²) < 4.78 is 0. The molecule has 2 saturated carbocycles. The first kappa shape index (κ1) is 6.41. The number of aliphatic hydroxyl groups excluding tert-OH is 1. The third-order valence-electron chi connectivity index (χ3n) is 2.97. The zero-order valence-corrected chi connectivity index (χ0v) is 6.16. The molecule has 0 heterocycles. The van der Waals surface area contributed by atoms with E-state index in [4.69, 9.17) is 0 Å². The van der Waals surface area contributed by atoms with Crippen LogP contribution in [0.25, 0.3) is 0 Å². The van der Waals surface area contributed by atoms with Crippen molar-refractivity contribution in [3.8, 4) is 0 Å². The van der Waals surface area contributed by atoms with E-state index in [2.05, 4.69) is 6.58 Å². The highest BCUT2D eigenvalue weighted by Crippen LogP contribution is 2.55. The van der Waals surface area contributed by atoms with E-state index in [0.29, 0.717) is 11.8 Å². The summed E-state index contributed by atoms with van der Waals surface area (Å²) >= 11 is 0. The quantitative estimate of drug-likeness (QED) is 0.574. The second-order valence-corrected chi connectivity index (χ2v) is 3.67. The second-order valence-electron chi connectivity index (χ2n) is 3.67. The summed E-state index contributed by atoms with van der Waals surface area (Å²) in [7, 11) is 0. The molecule has 10 heavy (non-hydrogen) atoms. The Morgan fingerprint density at radius 2 is 2.30 bits per heavy atom. The summed E-state index contributed by atoms with van der Waals surface area (Å²) in [6.45, 7) is 3.69. The van der Waals surface area contributed by atoms with Crippen molar-refractivity contribution in [3.63, 3.8) is 0 Å². The molecule has 0 aromatic heterocycles. The van der Waals surface area contributed by atoms with Crippen molar-refractivity contribution in [2.24, 2.45) is 17.8 Å². The van der Waals surface area contributed by atoms with E-state index in [1.54, 1.807) is 0 Å². The van der Waals surface area contributed by atoms with Gasteiger partial charge in [-0.3, -0.25) is 0 Å². The SMILES string of the molecule is C=CC[C@H]1C[C@H]2C[C@H]2[C@@H]1O. The molecule has 0 spiro atoms. The van der Waals surface area contributed by atoms with Crippen LogP contribution in [0.5, 0.6) is 0 Å². The first-order valence-corrected chi connectivity index (χ1v) is 4.12. The van der Waals surface area contributed by atoms with Crippen LogP contribution < -0.4 is 0 Å². The summed E-state index contributed by atoms with van der Waals surface area (Å²) in [5.74, 6) is 2.09. The van der Waals surface area contributed by atoms with Gasteiger partial charge in [-0.2, -0.15) is 0 Å². The highest BCUT2D eigenvalue weighted by molar-refractivity contribution is 5.03. The Kier molecular flexibility index (Phi) is 1.34. The zero-order valence-electron chi connectivity index (χ0n) is 6.16. The van der Waals surface area contributed by atoms with Crippen molar-refractivity contribution < 1.29 is 5.11 Å². The van der Waals surface area contributed by atoms with Gasteiger partial charge in [-0.15, -0.1) is 6.58 Å². The van der Waals surface area contributed by atoms with Gasteiger partial charge < -0.3 is 5.11 Å². The largest absolute Gasteiger partial charge is 0.393 e. The van der Waals surface area contributed by atoms with Gasteiger partial charge in [0.2, 0.25) is 0 Å². The molecule has 4 atom stereocenters. The average Bonchev–Trinajstić information content (AvgIpc) is 2.60. The van der Waals surface area contributed by atoms with E-state index in [1.165, 1.54) is 12.8 Å². The van der Waals surface area contributed by atoms with Crippen LogP contribution in [0.3, 0.4) is 0 Å². The molecule has 0 aliphatic heterocycles. The third-order valence-corrected chi connectivity index (χ3v) is 2.97. The van der Waals surface area contributed by atoms with Gasteiger partial charge in [0, 0.05) is 0 Å². The summed E-state index contributed by atoms with van der Waals surface area (Å²) in [4.78, 5) is 0. The van der Waals surface area contributed by atoms with Crippen molar-refractivity contribution in [2.75, 3.05) is 0 Å². The van der Waals surface area contributed by atoms with Gasteiger partial charge in [0.05, 0.1) is 6.10 Å². The van der Waals surface area contributed by atoms with Crippen molar-refractivity contribution in [2.45, 2.75) is 25.4 Å². The predicted molar refractivity (Wildman–Crippen MR) is 40.5 cm³/mol. The fourth-order valence-electron chi connectivity index (χ4n) is 2.29. The monoisotopic (exact) mass is 138 g/mol. The van der Waals surface area contributed by atoms with Crippen LogP contribution in [0.15, 0.2) is 12.7 Å². The predicted octanol–water partition coefficient (Wildman–Crippen LogP) is 1.58. The molecular formula is C9H14O. The molecule has 2 aliphatic carbocycles. The lowest BCUT2D eigenvalue weighted by molar-refractivity contribution is 0.109. The Labute approximate surface area is 61.8 Å². The molecule has 0 bridgehead atoms. The molecule has 56 valence electrons. The number of aliphatic hydroxyl groups is 1. The maximum atomic E-state index is 9.58. The van der Waals surface area contributed by atoms with Crippen LogP contribution in [0, 0.1) is 17.8 Å². The molecule has 0 amide bonds. The Bertz CT molecular complexity index is 153. The van der Waals surface area contributed by atoms with Crippen LogP contribution in [0.1, 0.15) is 19.3 Å². The molecule has 1 N–H and O–H groups in total. The number of fused-ring (bicyclic) bond motifs is 1. The Morgan fingerprint density at radius 3 is 2.80 bits per heavy atom. The maximum Gasteiger partial charge on any atom is 0.0602 e. The molecule has 0 saturated heterocycles. The van der Waals surface area contributed by atoms with Crippen LogP contribution >= 0.6 is 0 Å². The summed E-state index contributed by atoms with van der Waals surface area (Å²) in [6.07, 6.45) is 5.47. The van der Waals surface area contributed by atoms with Crippen molar-refractivity contribution >= 4 is 0 Å². The van der Waals surface area contributed by atoms with E-state index < -0.39 is 0 Å². The number of rotatable bonds is 2. The van der Waals surface area contributed by atoms with Gasteiger partial charge in [0.1, 0.15) is 0 Å². The van der Waals surface area contributed by atoms with Crippen LogP contribution in [-0.4, -0.2) is 11.2 Å². The molecular weight excluding hydrogens is 124 g/mol. The van der Waals surface area contributed by atoms with E-state index in [1.807, 2.05) is 6.08 Å². The third kappa shape index (κ3) is 0.807. The van der Waals surface area contributed by atoms with Gasteiger partial charge in [-0.25, -0.2) is 0 Å². The minimum atomic E-state index is 0.00278. The number of hydrogen-bond donors (Lipinski definition) is 1. The topological polar surface area (TPSA) is 20.2 Å². The summed E-state index contributed by atoms with van der Waals surface area (Å²) in [5, 5.41) is 9.58. The molecule has 1 nitrogen and oxygen atoms in total. The van der Waals surface area contributed by atoms with Gasteiger partial charge in [0.25, 0.3) is 0 Å². The van der Waals surface area contributed by atoms with Crippen molar-refractivity contribution in [1.29, 1.82) is 0 Å². The lowest BCUT2D eigenvalue weighted by Gasteiger charge is -2.14. The molecule has 2 fully saturated rings. The van der Waals surface area contributed by atoms with Gasteiger partial charge in [0.15, 0.2) is 0 Å². The Morgan fingerprint density at radius 1 is 1.50 bits per heavy atom. The van der Waals surface area contributed by atoms with E-state index in [-0.39, 0.29) is 6.10 Å². The van der Waals surface area contributed by atoms with E-state index in [0.717, 1.165) is 12.3 Å². The molecule has 0 unspecified atom stereocenters. The summed E-state index contributed by atoms with van der Waals surface area (Å²) in [5.41, 5.74) is 0. The minimum Gasteiger partial charge on any atom is -0.393 e. The molecule has 2 rings (SSSR count). The first-order chi connectivity index (χ1) is 4.83. The Hall–Kier alpha value is -0.300. The van der Waals surface area contributed by atoms with Crippen LogP contribution in [-0.2, 0) is 0 Å². The van der Waals surface area contributed by atoms with E-state index >= 15 is 0 Å². The van der Waals surface area contributed by atoms with Crippen molar-refractivity contribution in [1.82, 2.24) is 0 Å². The van der Waals surface area contributed by atoms with E-state index in [9.17, 15) is 5.11 Å². The molecule has 0 radical (unpaired) electrons. The molecule has 0 aromatic carbocycles. The molecule has 1 heteroatoms. The van der Waals surface area contributed by atoms with Gasteiger partial charge >= 0.3 is 0 Å². The van der Waals surface area contributed by atoms with Gasteiger partial charge in [-0.05, 0) is 37.0 Å². The normalized spacial score (nSPS) is 50.5. The molecule has 0 aromatic rings. The summed E-state index contributed by atoms with van der Waals surface area (Å²) in [6, 6.07) is 0. The average molecular weight is 138 g/mol. The molecule has 2 aliphatic rings. The zero-order chi connectivity index (χ0) is 7.14. The second kappa shape index (κ2) is 2.09. The number of hydrogen-bond acceptors (Lipinski definition) is 1. The van der Waals surface area contributed by atoms with Crippen LogP contribution in [0.2, 0.25) is 0 Å². The van der Waals surface area contributed by atoms with Crippen LogP contribution in [0.4, 0.5) is 0 Å². The number of allylic oxidation sites excluding steroid dienone is 1. The minimum absolute atomic E-state index is 0.00278. The lowest BCUT2D eigenvalue weighted by atomic mass is 9.97. The fraction of sp³-hybridized carbons (Fsp3) is 0.778. The first-order valence-electron chi connectivity index (χ1n) is 4.12. The standard InChI is InChI=1S/C9H14O/c1-2-3-6-4-7-5-8(7)9(6)10/h2,6-10H,1,3-5H2/t6-,7-,8+,9+/m0/s1. The van der Waals surface area contributed by atoms with Crippen molar-refractivity contribution in [3.05, 3.63) is 12.7 Å². The fourth-order valence-corrected chi connectivity index (χ4v) is 2.29. The lowest BCUT2D eigenvalue weighted by Crippen LogP contribution is -2.16. The highest BCUT2D eigenvalue weighted by Gasteiger charge is 2.51.